The first-order valence-corrected chi connectivity index (χ1v) is 5.63. The minimum atomic E-state index is -0.354. The van der Waals surface area contributed by atoms with Crippen LogP contribution in [-0.2, 0) is 0 Å². The lowest BCUT2D eigenvalue weighted by Crippen LogP contribution is -1.93. The van der Waals surface area contributed by atoms with E-state index in [1.54, 1.807) is 24.3 Å². The van der Waals surface area contributed by atoms with Gasteiger partial charge in [0, 0.05) is 5.02 Å². The Bertz CT molecular complexity index is 480. The molecule has 0 saturated carbocycles. The molecule has 0 amide bonds. The zero-order valence-corrected chi connectivity index (χ0v) is 9.84. The normalized spacial score (nSPS) is 12.4. The second kappa shape index (κ2) is 4.86. The van der Waals surface area contributed by atoms with Crippen molar-refractivity contribution in [3.05, 3.63) is 70.5 Å². The van der Waals surface area contributed by atoms with Crippen LogP contribution in [0.2, 0.25) is 5.02 Å². The van der Waals surface area contributed by atoms with Crippen LogP contribution in [-0.4, -0.2) is 0 Å². The molecule has 0 saturated heterocycles. The van der Waals surface area contributed by atoms with E-state index in [2.05, 4.69) is 0 Å². The van der Waals surface area contributed by atoms with Gasteiger partial charge < -0.3 is 0 Å². The summed E-state index contributed by atoms with van der Waals surface area (Å²) in [6.45, 7) is 0. The third kappa shape index (κ3) is 2.55. The molecule has 2 aromatic rings. The molecule has 0 fully saturated rings. The lowest BCUT2D eigenvalue weighted by molar-refractivity contribution is 0.626. The predicted molar refractivity (Wildman–Crippen MR) is 65.5 cm³/mol. The second-order valence-electron chi connectivity index (χ2n) is 3.47. The maximum absolute atomic E-state index is 13.0. The van der Waals surface area contributed by atoms with Crippen LogP contribution in [0, 0.1) is 5.82 Å². The van der Waals surface area contributed by atoms with Crippen molar-refractivity contribution in [2.24, 2.45) is 0 Å². The van der Waals surface area contributed by atoms with Crippen LogP contribution in [0.15, 0.2) is 48.5 Å². The van der Waals surface area contributed by atoms with E-state index in [4.69, 9.17) is 23.2 Å². The van der Waals surface area contributed by atoms with Gasteiger partial charge in [-0.3, -0.25) is 0 Å². The molecule has 1 unspecified atom stereocenters. The summed E-state index contributed by atoms with van der Waals surface area (Å²) in [7, 11) is 0. The Balaban J connectivity index is 2.31. The largest absolute Gasteiger partial charge is 0.207 e. The van der Waals surface area contributed by atoms with Crippen LogP contribution < -0.4 is 0 Å². The highest BCUT2D eigenvalue weighted by atomic mass is 35.5. The number of benzene rings is 2. The molecule has 82 valence electrons. The van der Waals surface area contributed by atoms with Gasteiger partial charge in [-0.05, 0) is 35.4 Å². The van der Waals surface area contributed by atoms with E-state index in [1.165, 1.54) is 12.1 Å². The van der Waals surface area contributed by atoms with E-state index in [9.17, 15) is 4.39 Å². The van der Waals surface area contributed by atoms with Gasteiger partial charge in [-0.25, -0.2) is 4.39 Å². The molecule has 2 rings (SSSR count). The first kappa shape index (κ1) is 11.4. The molecule has 3 heteroatoms. The third-order valence-electron chi connectivity index (χ3n) is 2.30. The van der Waals surface area contributed by atoms with Crippen molar-refractivity contribution in [1.29, 1.82) is 0 Å². The summed E-state index contributed by atoms with van der Waals surface area (Å²) in [5.41, 5.74) is 1.64. The maximum Gasteiger partial charge on any atom is 0.123 e. The van der Waals surface area contributed by atoms with Gasteiger partial charge in [-0.2, -0.15) is 0 Å². The Morgan fingerprint density at radius 1 is 0.938 bits per heavy atom. The molecule has 0 N–H and O–H groups in total. The highest BCUT2D eigenvalue weighted by Gasteiger charge is 2.10. The SMILES string of the molecule is Fc1cccc(C(Cl)c2ccc(Cl)cc2)c1. The van der Waals surface area contributed by atoms with E-state index >= 15 is 0 Å². The minimum absolute atomic E-state index is 0.280. The Kier molecular flexibility index (Phi) is 3.47. The van der Waals surface area contributed by atoms with Crippen LogP contribution in [0.25, 0.3) is 0 Å². The van der Waals surface area contributed by atoms with Gasteiger partial charge in [0.25, 0.3) is 0 Å². The van der Waals surface area contributed by atoms with Crippen molar-refractivity contribution in [1.82, 2.24) is 0 Å². The second-order valence-corrected chi connectivity index (χ2v) is 4.34. The fourth-order valence-electron chi connectivity index (χ4n) is 1.49. The Hall–Kier alpha value is -1.05. The maximum atomic E-state index is 13.0. The number of alkyl halides is 1. The summed E-state index contributed by atoms with van der Waals surface area (Å²) in [5, 5.41) is 0.305. The minimum Gasteiger partial charge on any atom is -0.207 e. The van der Waals surface area contributed by atoms with Crippen LogP contribution >= 0.6 is 23.2 Å². The Morgan fingerprint density at radius 2 is 1.62 bits per heavy atom. The first-order chi connectivity index (χ1) is 7.66. The van der Waals surface area contributed by atoms with Gasteiger partial charge in [-0.15, -0.1) is 11.6 Å². The van der Waals surface area contributed by atoms with Crippen molar-refractivity contribution in [2.45, 2.75) is 5.38 Å². The van der Waals surface area contributed by atoms with E-state index in [1.807, 2.05) is 12.1 Å². The molecule has 0 heterocycles. The third-order valence-corrected chi connectivity index (χ3v) is 3.06. The molecule has 0 aromatic heterocycles. The van der Waals surface area contributed by atoms with Gasteiger partial charge in [0.05, 0.1) is 5.38 Å². The molecule has 0 aliphatic heterocycles. The van der Waals surface area contributed by atoms with E-state index < -0.39 is 0 Å². The number of rotatable bonds is 2. The molecule has 2 aromatic carbocycles. The molecule has 0 nitrogen and oxygen atoms in total. The first-order valence-electron chi connectivity index (χ1n) is 4.82. The molecule has 0 bridgehead atoms. The highest BCUT2D eigenvalue weighted by Crippen LogP contribution is 2.29. The summed E-state index contributed by atoms with van der Waals surface area (Å²) in [4.78, 5) is 0. The van der Waals surface area contributed by atoms with Gasteiger partial charge in [0.2, 0.25) is 0 Å². The van der Waals surface area contributed by atoms with E-state index in [0.717, 1.165) is 11.1 Å². The predicted octanol–water partition coefficient (Wildman–Crippen LogP) is 4.81. The zero-order chi connectivity index (χ0) is 11.5. The zero-order valence-electron chi connectivity index (χ0n) is 8.33. The summed E-state index contributed by atoms with van der Waals surface area (Å²) in [6, 6.07) is 13.5. The van der Waals surface area contributed by atoms with Crippen LogP contribution in [0.4, 0.5) is 4.39 Å². The summed E-state index contributed by atoms with van der Waals surface area (Å²) in [6.07, 6.45) is 0. The number of hydrogen-bond acceptors (Lipinski definition) is 0. The molecule has 16 heavy (non-hydrogen) atoms. The smallest absolute Gasteiger partial charge is 0.123 e. The van der Waals surface area contributed by atoms with Crippen molar-refractivity contribution in [3.8, 4) is 0 Å². The quantitative estimate of drug-likeness (QED) is 0.675. The molecular formula is C13H9Cl2F. The molecule has 0 aliphatic rings. The molecule has 0 spiro atoms. The highest BCUT2D eigenvalue weighted by molar-refractivity contribution is 6.30. The van der Waals surface area contributed by atoms with Gasteiger partial charge >= 0.3 is 0 Å². The lowest BCUT2D eigenvalue weighted by Gasteiger charge is -2.10. The van der Waals surface area contributed by atoms with Crippen LogP contribution in [0.5, 0.6) is 0 Å². The fraction of sp³-hybridized carbons (Fsp3) is 0.0769. The van der Waals surface area contributed by atoms with Crippen LogP contribution in [0.3, 0.4) is 0 Å². The monoisotopic (exact) mass is 254 g/mol. The standard InChI is InChI=1S/C13H9Cl2F/c14-11-6-4-9(5-7-11)13(15)10-2-1-3-12(16)8-10/h1-8,13H. The Morgan fingerprint density at radius 3 is 2.25 bits per heavy atom. The van der Waals surface area contributed by atoms with Gasteiger partial charge in [0.1, 0.15) is 5.82 Å². The molecular weight excluding hydrogens is 246 g/mol. The number of halogens is 3. The molecule has 0 radical (unpaired) electrons. The van der Waals surface area contributed by atoms with Crippen molar-refractivity contribution in [3.63, 3.8) is 0 Å². The van der Waals surface area contributed by atoms with E-state index in [-0.39, 0.29) is 11.2 Å². The molecule has 1 atom stereocenters. The number of hydrogen-bond donors (Lipinski definition) is 0. The summed E-state index contributed by atoms with van der Waals surface area (Å²) < 4.78 is 13.0. The fourth-order valence-corrected chi connectivity index (χ4v) is 1.90. The average Bonchev–Trinajstić information content (AvgIpc) is 2.29. The topological polar surface area (TPSA) is 0 Å². The van der Waals surface area contributed by atoms with Crippen molar-refractivity contribution >= 4 is 23.2 Å². The summed E-state index contributed by atoms with van der Waals surface area (Å²) >= 11 is 12.0. The Labute approximate surface area is 104 Å². The van der Waals surface area contributed by atoms with Crippen molar-refractivity contribution < 1.29 is 4.39 Å². The van der Waals surface area contributed by atoms with Crippen LogP contribution in [0.1, 0.15) is 16.5 Å². The summed E-state index contributed by atoms with van der Waals surface area (Å²) in [5.74, 6) is -0.280. The molecule has 0 aliphatic carbocycles. The van der Waals surface area contributed by atoms with Crippen molar-refractivity contribution in [2.75, 3.05) is 0 Å². The average molecular weight is 255 g/mol. The van der Waals surface area contributed by atoms with Gasteiger partial charge in [0.15, 0.2) is 0 Å². The lowest BCUT2D eigenvalue weighted by atomic mass is 10.0. The van der Waals surface area contributed by atoms with E-state index in [0.29, 0.717) is 5.02 Å². The van der Waals surface area contributed by atoms with Gasteiger partial charge in [-0.1, -0.05) is 35.9 Å².